The Morgan fingerprint density at radius 1 is 1.44 bits per heavy atom. The van der Waals surface area contributed by atoms with Gasteiger partial charge in [0.1, 0.15) is 0 Å². The molecule has 0 aliphatic carbocycles. The zero-order chi connectivity index (χ0) is 13.4. The molecule has 0 saturated carbocycles. The average Bonchev–Trinajstić information content (AvgIpc) is 2.34. The second-order valence-electron chi connectivity index (χ2n) is 4.08. The van der Waals surface area contributed by atoms with Crippen molar-refractivity contribution < 1.29 is 9.90 Å². The van der Waals surface area contributed by atoms with Gasteiger partial charge in [0.15, 0.2) is 0 Å². The minimum absolute atomic E-state index is 0.0144. The van der Waals surface area contributed by atoms with Crippen LogP contribution in [0.1, 0.15) is 19.8 Å². The van der Waals surface area contributed by atoms with Gasteiger partial charge in [-0.2, -0.15) is 0 Å². The summed E-state index contributed by atoms with van der Waals surface area (Å²) in [4.78, 5) is 12.5. The molecular formula is C13H18ClNO2S. The average molecular weight is 288 g/mol. The van der Waals surface area contributed by atoms with E-state index in [0.29, 0.717) is 23.7 Å². The maximum absolute atomic E-state index is 11.5. The molecule has 1 atom stereocenters. The highest BCUT2D eigenvalue weighted by atomic mass is 35.5. The van der Waals surface area contributed by atoms with Crippen LogP contribution in [0, 0.1) is 0 Å². The van der Waals surface area contributed by atoms with Gasteiger partial charge in [0.05, 0.1) is 11.9 Å². The van der Waals surface area contributed by atoms with Crippen LogP contribution in [0.3, 0.4) is 0 Å². The predicted octanol–water partition coefficient (Wildman–Crippen LogP) is 2.71. The Kier molecular flexibility index (Phi) is 7.16. The molecule has 1 aromatic carbocycles. The number of aliphatic hydroxyl groups excluding tert-OH is 1. The summed E-state index contributed by atoms with van der Waals surface area (Å²) in [5, 5.41) is 12.6. The van der Waals surface area contributed by atoms with E-state index in [1.165, 1.54) is 11.8 Å². The lowest BCUT2D eigenvalue weighted by Gasteiger charge is -2.06. The van der Waals surface area contributed by atoms with Gasteiger partial charge in [0.25, 0.3) is 0 Å². The van der Waals surface area contributed by atoms with Crippen molar-refractivity contribution in [2.45, 2.75) is 30.8 Å². The van der Waals surface area contributed by atoms with Crippen molar-refractivity contribution in [3.05, 3.63) is 29.3 Å². The highest BCUT2D eigenvalue weighted by molar-refractivity contribution is 8.00. The van der Waals surface area contributed by atoms with Crippen molar-refractivity contribution in [2.24, 2.45) is 0 Å². The number of rotatable bonds is 7. The van der Waals surface area contributed by atoms with E-state index in [9.17, 15) is 4.79 Å². The summed E-state index contributed by atoms with van der Waals surface area (Å²) in [6, 6.07) is 7.41. The molecular weight excluding hydrogens is 270 g/mol. The zero-order valence-corrected chi connectivity index (χ0v) is 11.9. The molecule has 0 saturated heterocycles. The van der Waals surface area contributed by atoms with Crippen LogP contribution >= 0.6 is 23.4 Å². The van der Waals surface area contributed by atoms with Gasteiger partial charge in [-0.3, -0.25) is 4.79 Å². The van der Waals surface area contributed by atoms with Gasteiger partial charge in [0, 0.05) is 16.5 Å². The Balaban J connectivity index is 2.15. The van der Waals surface area contributed by atoms with Gasteiger partial charge in [-0.25, -0.2) is 0 Å². The molecule has 3 nitrogen and oxygen atoms in total. The number of aliphatic hydroxyl groups is 1. The van der Waals surface area contributed by atoms with Gasteiger partial charge in [0.2, 0.25) is 5.91 Å². The number of hydrogen-bond acceptors (Lipinski definition) is 3. The maximum atomic E-state index is 11.5. The summed E-state index contributed by atoms with van der Waals surface area (Å²) in [5.74, 6) is 0.414. The molecule has 0 bridgehead atoms. The Bertz CT molecular complexity index is 368. The monoisotopic (exact) mass is 287 g/mol. The molecule has 0 spiro atoms. The van der Waals surface area contributed by atoms with E-state index in [0.717, 1.165) is 11.3 Å². The van der Waals surface area contributed by atoms with Crippen LogP contribution < -0.4 is 5.32 Å². The first-order valence-corrected chi connectivity index (χ1v) is 7.27. The lowest BCUT2D eigenvalue weighted by atomic mass is 10.2. The normalized spacial score (nSPS) is 12.2. The first kappa shape index (κ1) is 15.3. The maximum Gasteiger partial charge on any atom is 0.230 e. The Morgan fingerprint density at radius 3 is 2.72 bits per heavy atom. The molecule has 0 aliphatic heterocycles. The van der Waals surface area contributed by atoms with Crippen LogP contribution in [0.5, 0.6) is 0 Å². The third-order valence-corrected chi connectivity index (χ3v) is 3.57. The van der Waals surface area contributed by atoms with Crippen molar-refractivity contribution in [2.75, 3.05) is 12.3 Å². The molecule has 1 aromatic rings. The quantitative estimate of drug-likeness (QED) is 0.599. The van der Waals surface area contributed by atoms with E-state index in [2.05, 4.69) is 5.32 Å². The minimum Gasteiger partial charge on any atom is -0.393 e. The second-order valence-corrected chi connectivity index (χ2v) is 5.57. The third kappa shape index (κ3) is 6.89. The first-order chi connectivity index (χ1) is 8.58. The van der Waals surface area contributed by atoms with Gasteiger partial charge >= 0.3 is 0 Å². The van der Waals surface area contributed by atoms with Gasteiger partial charge < -0.3 is 10.4 Å². The molecule has 18 heavy (non-hydrogen) atoms. The third-order valence-electron chi connectivity index (χ3n) is 2.30. The van der Waals surface area contributed by atoms with Crippen LogP contribution in [0.25, 0.3) is 0 Å². The molecule has 5 heteroatoms. The number of halogens is 1. The van der Waals surface area contributed by atoms with Crippen molar-refractivity contribution in [3.63, 3.8) is 0 Å². The largest absolute Gasteiger partial charge is 0.393 e. The van der Waals surface area contributed by atoms with Crippen molar-refractivity contribution in [1.82, 2.24) is 5.32 Å². The van der Waals surface area contributed by atoms with E-state index < -0.39 is 0 Å². The fourth-order valence-corrected chi connectivity index (χ4v) is 2.21. The summed E-state index contributed by atoms with van der Waals surface area (Å²) >= 11 is 7.26. The standard InChI is InChI=1S/C13H18ClNO2S/c1-10(16)3-2-8-15-13(17)9-18-12-6-4-11(14)5-7-12/h4-7,10,16H,2-3,8-9H2,1H3,(H,15,17). The van der Waals surface area contributed by atoms with E-state index in [4.69, 9.17) is 16.7 Å². The lowest BCUT2D eigenvalue weighted by molar-refractivity contribution is -0.118. The molecule has 0 fully saturated rings. The van der Waals surface area contributed by atoms with Gasteiger partial charge in [-0.15, -0.1) is 11.8 Å². The number of hydrogen-bond donors (Lipinski definition) is 2. The van der Waals surface area contributed by atoms with Crippen LogP contribution in [0.2, 0.25) is 5.02 Å². The molecule has 2 N–H and O–H groups in total. The number of carbonyl (C=O) groups is 1. The van der Waals surface area contributed by atoms with E-state index in [1.54, 1.807) is 6.92 Å². The Labute approximate surface area is 117 Å². The number of carbonyl (C=O) groups excluding carboxylic acids is 1. The first-order valence-electron chi connectivity index (χ1n) is 5.91. The van der Waals surface area contributed by atoms with E-state index >= 15 is 0 Å². The van der Waals surface area contributed by atoms with Crippen LogP contribution in [0.15, 0.2) is 29.2 Å². The second kappa shape index (κ2) is 8.40. The number of amides is 1. The highest BCUT2D eigenvalue weighted by Gasteiger charge is 2.03. The van der Waals surface area contributed by atoms with Crippen LogP contribution in [0.4, 0.5) is 0 Å². The molecule has 0 aliphatic rings. The molecule has 0 aromatic heterocycles. The number of benzene rings is 1. The van der Waals surface area contributed by atoms with E-state index in [-0.39, 0.29) is 12.0 Å². The lowest BCUT2D eigenvalue weighted by Crippen LogP contribution is -2.26. The molecule has 100 valence electrons. The molecule has 1 amide bonds. The molecule has 0 heterocycles. The van der Waals surface area contributed by atoms with Crippen molar-refractivity contribution in [3.8, 4) is 0 Å². The van der Waals surface area contributed by atoms with Crippen molar-refractivity contribution in [1.29, 1.82) is 0 Å². The Morgan fingerprint density at radius 2 is 2.11 bits per heavy atom. The summed E-state index contributed by atoms with van der Waals surface area (Å²) in [5.41, 5.74) is 0. The zero-order valence-electron chi connectivity index (χ0n) is 10.4. The smallest absolute Gasteiger partial charge is 0.230 e. The summed E-state index contributed by atoms with van der Waals surface area (Å²) in [6.45, 7) is 2.36. The summed E-state index contributed by atoms with van der Waals surface area (Å²) in [7, 11) is 0. The topological polar surface area (TPSA) is 49.3 Å². The predicted molar refractivity (Wildman–Crippen MR) is 76.1 cm³/mol. The molecule has 1 unspecified atom stereocenters. The van der Waals surface area contributed by atoms with Crippen molar-refractivity contribution >= 4 is 29.3 Å². The SMILES string of the molecule is CC(O)CCCNC(=O)CSc1ccc(Cl)cc1. The van der Waals surface area contributed by atoms with Gasteiger partial charge in [-0.1, -0.05) is 11.6 Å². The van der Waals surface area contributed by atoms with Crippen LogP contribution in [-0.2, 0) is 4.79 Å². The van der Waals surface area contributed by atoms with E-state index in [1.807, 2.05) is 24.3 Å². The minimum atomic E-state index is -0.301. The van der Waals surface area contributed by atoms with Gasteiger partial charge in [-0.05, 0) is 44.0 Å². The fourth-order valence-electron chi connectivity index (χ4n) is 1.36. The fraction of sp³-hybridized carbons (Fsp3) is 0.462. The number of thioether (sulfide) groups is 1. The number of nitrogens with one attached hydrogen (secondary N) is 1. The highest BCUT2D eigenvalue weighted by Crippen LogP contribution is 2.19. The molecule has 1 rings (SSSR count). The molecule has 0 radical (unpaired) electrons. The summed E-state index contributed by atoms with van der Waals surface area (Å²) < 4.78 is 0. The summed E-state index contributed by atoms with van der Waals surface area (Å²) in [6.07, 6.45) is 1.21. The Hall–Kier alpha value is -0.710. The van der Waals surface area contributed by atoms with Crippen LogP contribution in [-0.4, -0.2) is 29.4 Å².